The third-order valence-electron chi connectivity index (χ3n) is 3.96. The zero-order valence-corrected chi connectivity index (χ0v) is 13.3. The lowest BCUT2D eigenvalue weighted by Crippen LogP contribution is -1.99. The summed E-state index contributed by atoms with van der Waals surface area (Å²) >= 11 is 0. The molecule has 0 aliphatic carbocycles. The van der Waals surface area contributed by atoms with E-state index in [4.69, 9.17) is 0 Å². The maximum absolute atomic E-state index is 15.1. The number of pyridine rings is 1. The van der Waals surface area contributed by atoms with Crippen molar-refractivity contribution >= 4 is 0 Å². The predicted molar refractivity (Wildman–Crippen MR) is 89.2 cm³/mol. The first-order valence-electron chi connectivity index (χ1n) is 7.46. The van der Waals surface area contributed by atoms with Crippen LogP contribution in [0.5, 0.6) is 0 Å². The molecule has 3 heteroatoms. The molecule has 0 atom stereocenters. The lowest BCUT2D eigenvalue weighted by Gasteiger charge is -2.15. The molecule has 0 unspecified atom stereocenters. The van der Waals surface area contributed by atoms with Crippen molar-refractivity contribution in [2.45, 2.75) is 20.8 Å². The number of nitrogens with zero attached hydrogens (tertiary/aromatic N) is 1. The maximum atomic E-state index is 15.1. The lowest BCUT2D eigenvalue weighted by molar-refractivity contribution is 0.591. The molecule has 1 aromatic heterocycles. The molecular formula is C20H17F2N. The zero-order valence-electron chi connectivity index (χ0n) is 13.3. The summed E-state index contributed by atoms with van der Waals surface area (Å²) in [5, 5.41) is 0. The van der Waals surface area contributed by atoms with Gasteiger partial charge in [0.1, 0.15) is 11.6 Å². The van der Waals surface area contributed by atoms with Gasteiger partial charge >= 0.3 is 0 Å². The van der Waals surface area contributed by atoms with Gasteiger partial charge in [-0.25, -0.2) is 8.78 Å². The molecule has 0 amide bonds. The molecule has 0 spiro atoms. The molecule has 0 N–H and O–H groups in total. The highest BCUT2D eigenvalue weighted by atomic mass is 19.1. The fourth-order valence-corrected chi connectivity index (χ4v) is 3.08. The van der Waals surface area contributed by atoms with Gasteiger partial charge in [0, 0.05) is 11.8 Å². The van der Waals surface area contributed by atoms with Gasteiger partial charge in [-0.05, 0) is 61.7 Å². The number of aromatic nitrogens is 1. The third kappa shape index (κ3) is 2.74. The van der Waals surface area contributed by atoms with Crippen LogP contribution in [0.15, 0.2) is 48.7 Å². The Morgan fingerprint density at radius 3 is 2.13 bits per heavy atom. The van der Waals surface area contributed by atoms with Gasteiger partial charge in [-0.15, -0.1) is 0 Å². The molecule has 0 saturated heterocycles. The van der Waals surface area contributed by atoms with Crippen LogP contribution in [0.25, 0.3) is 22.4 Å². The Bertz CT molecular complexity index is 847. The van der Waals surface area contributed by atoms with Crippen molar-refractivity contribution in [3.63, 3.8) is 0 Å². The zero-order chi connectivity index (χ0) is 16.6. The molecule has 23 heavy (non-hydrogen) atoms. The average molecular weight is 309 g/mol. The van der Waals surface area contributed by atoms with Gasteiger partial charge in [0.15, 0.2) is 0 Å². The molecule has 3 rings (SSSR count). The van der Waals surface area contributed by atoms with Crippen molar-refractivity contribution in [1.82, 2.24) is 4.98 Å². The SMILES string of the molecule is Cc1cc(C)c(-c2c(F)ccc(-c3ccccn3)c2F)c(C)c1. The summed E-state index contributed by atoms with van der Waals surface area (Å²) in [6.45, 7) is 5.73. The predicted octanol–water partition coefficient (Wildman–Crippen LogP) is 5.62. The summed E-state index contributed by atoms with van der Waals surface area (Å²) in [6, 6.07) is 11.9. The highest BCUT2D eigenvalue weighted by Gasteiger charge is 2.20. The van der Waals surface area contributed by atoms with Gasteiger partial charge in [0.05, 0.1) is 11.3 Å². The molecule has 0 bridgehead atoms. The molecule has 1 nitrogen and oxygen atoms in total. The Kier molecular flexibility index (Phi) is 3.95. The van der Waals surface area contributed by atoms with Gasteiger partial charge in [-0.2, -0.15) is 0 Å². The monoisotopic (exact) mass is 309 g/mol. The van der Waals surface area contributed by atoms with Crippen LogP contribution in [0.1, 0.15) is 16.7 Å². The van der Waals surface area contributed by atoms with Crippen molar-refractivity contribution in [1.29, 1.82) is 0 Å². The van der Waals surface area contributed by atoms with E-state index in [1.165, 1.54) is 12.1 Å². The average Bonchev–Trinajstić information content (AvgIpc) is 2.50. The van der Waals surface area contributed by atoms with E-state index in [1.807, 2.05) is 32.9 Å². The normalized spacial score (nSPS) is 10.8. The minimum absolute atomic E-state index is 0.0168. The second kappa shape index (κ2) is 5.92. The van der Waals surface area contributed by atoms with Crippen molar-refractivity contribution in [3.05, 3.63) is 77.0 Å². The molecule has 3 aromatic rings. The molecular weight excluding hydrogens is 292 g/mol. The minimum Gasteiger partial charge on any atom is -0.256 e. The Hall–Kier alpha value is -2.55. The second-order valence-corrected chi connectivity index (χ2v) is 5.77. The van der Waals surface area contributed by atoms with Crippen LogP contribution < -0.4 is 0 Å². The van der Waals surface area contributed by atoms with Gasteiger partial charge in [0.2, 0.25) is 0 Å². The summed E-state index contributed by atoms with van der Waals surface area (Å²) in [7, 11) is 0. The first-order valence-corrected chi connectivity index (χ1v) is 7.46. The Morgan fingerprint density at radius 2 is 1.52 bits per heavy atom. The van der Waals surface area contributed by atoms with Crippen LogP contribution in [0.3, 0.4) is 0 Å². The van der Waals surface area contributed by atoms with E-state index in [0.29, 0.717) is 16.8 Å². The Balaban J connectivity index is 2.29. The molecule has 1 heterocycles. The van der Waals surface area contributed by atoms with E-state index in [-0.39, 0.29) is 5.56 Å². The summed E-state index contributed by atoms with van der Waals surface area (Å²) in [5.74, 6) is -1.13. The van der Waals surface area contributed by atoms with Gasteiger partial charge in [-0.3, -0.25) is 4.98 Å². The van der Waals surface area contributed by atoms with E-state index >= 15 is 4.39 Å². The minimum atomic E-state index is -0.571. The highest BCUT2D eigenvalue weighted by Crippen LogP contribution is 2.36. The molecule has 0 aliphatic rings. The Labute approximate surface area is 134 Å². The van der Waals surface area contributed by atoms with Crippen LogP contribution >= 0.6 is 0 Å². The summed E-state index contributed by atoms with van der Waals surface area (Å²) < 4.78 is 29.5. The van der Waals surface area contributed by atoms with Gasteiger partial charge < -0.3 is 0 Å². The number of aryl methyl sites for hydroxylation is 3. The highest BCUT2D eigenvalue weighted by molar-refractivity contribution is 5.77. The van der Waals surface area contributed by atoms with Crippen molar-refractivity contribution in [3.8, 4) is 22.4 Å². The lowest BCUT2D eigenvalue weighted by atomic mass is 9.91. The summed E-state index contributed by atoms with van der Waals surface area (Å²) in [5.41, 5.74) is 4.23. The van der Waals surface area contributed by atoms with E-state index < -0.39 is 11.6 Å². The van der Waals surface area contributed by atoms with Crippen molar-refractivity contribution in [2.24, 2.45) is 0 Å². The number of hydrogen-bond acceptors (Lipinski definition) is 1. The number of benzene rings is 2. The standard InChI is InChI=1S/C20H17F2N/c1-12-10-13(2)18(14(3)11-12)19-16(21)8-7-15(20(19)22)17-6-4-5-9-23-17/h4-11H,1-3H3. The third-order valence-corrected chi connectivity index (χ3v) is 3.96. The molecule has 2 aromatic carbocycles. The smallest absolute Gasteiger partial charge is 0.143 e. The molecule has 116 valence electrons. The van der Waals surface area contributed by atoms with Crippen molar-refractivity contribution < 1.29 is 8.78 Å². The van der Waals surface area contributed by atoms with Gasteiger partial charge in [0.25, 0.3) is 0 Å². The van der Waals surface area contributed by atoms with Crippen LogP contribution in [0.4, 0.5) is 8.78 Å². The van der Waals surface area contributed by atoms with Gasteiger partial charge in [-0.1, -0.05) is 23.8 Å². The maximum Gasteiger partial charge on any atom is 0.143 e. The largest absolute Gasteiger partial charge is 0.256 e. The molecule has 0 saturated carbocycles. The van der Waals surface area contributed by atoms with Crippen LogP contribution in [-0.4, -0.2) is 4.98 Å². The summed E-state index contributed by atoms with van der Waals surface area (Å²) in [4.78, 5) is 4.17. The quantitative estimate of drug-likeness (QED) is 0.599. The fourth-order valence-electron chi connectivity index (χ4n) is 3.08. The molecule has 0 radical (unpaired) electrons. The fraction of sp³-hybridized carbons (Fsp3) is 0.150. The number of halogens is 2. The summed E-state index contributed by atoms with van der Waals surface area (Å²) in [6.07, 6.45) is 1.60. The van der Waals surface area contributed by atoms with Crippen LogP contribution in [-0.2, 0) is 0 Å². The topological polar surface area (TPSA) is 12.9 Å². The van der Waals surface area contributed by atoms with E-state index in [9.17, 15) is 4.39 Å². The molecule has 0 fully saturated rings. The number of rotatable bonds is 2. The van der Waals surface area contributed by atoms with E-state index in [0.717, 1.165) is 16.7 Å². The van der Waals surface area contributed by atoms with Crippen molar-refractivity contribution in [2.75, 3.05) is 0 Å². The number of hydrogen-bond donors (Lipinski definition) is 0. The van der Waals surface area contributed by atoms with Crippen LogP contribution in [0.2, 0.25) is 0 Å². The first kappa shape index (κ1) is 15.3. The first-order chi connectivity index (χ1) is 11.0. The van der Waals surface area contributed by atoms with E-state index in [2.05, 4.69) is 4.98 Å². The van der Waals surface area contributed by atoms with E-state index in [1.54, 1.807) is 24.4 Å². The Morgan fingerprint density at radius 1 is 0.826 bits per heavy atom. The second-order valence-electron chi connectivity index (χ2n) is 5.77. The van der Waals surface area contributed by atoms with Crippen LogP contribution in [0, 0.1) is 32.4 Å². The molecule has 0 aliphatic heterocycles.